The van der Waals surface area contributed by atoms with E-state index >= 15 is 0 Å². The molecule has 0 amide bonds. The molecule has 2 aromatic heterocycles. The Bertz CT molecular complexity index is 1680. The zero-order chi connectivity index (χ0) is 24.1. The first-order valence-electron chi connectivity index (χ1n) is 9.95. The molecule has 0 fully saturated rings. The number of pyridine rings is 2. The van der Waals surface area contributed by atoms with Crippen LogP contribution in [0, 0.1) is 0 Å². The van der Waals surface area contributed by atoms with Crippen LogP contribution >= 0.6 is 0 Å². The fourth-order valence-electron chi connectivity index (χ4n) is 3.98. The van der Waals surface area contributed by atoms with Crippen LogP contribution in [0.3, 0.4) is 0 Å². The summed E-state index contributed by atoms with van der Waals surface area (Å²) in [6.07, 6.45) is 3.18. The zero-order valence-corrected chi connectivity index (χ0v) is 19.0. The average molecular weight is 493 g/mol. The summed E-state index contributed by atoms with van der Waals surface area (Å²) >= 11 is 0. The fraction of sp³-hybridized carbons (Fsp3) is 0. The van der Waals surface area contributed by atoms with Gasteiger partial charge in [0.05, 0.1) is 20.8 Å². The van der Waals surface area contributed by atoms with Crippen LogP contribution in [0.4, 0.5) is 0 Å². The highest BCUT2D eigenvalue weighted by Gasteiger charge is 2.16. The molecule has 0 unspecified atom stereocenters. The van der Waals surface area contributed by atoms with Crippen molar-refractivity contribution in [2.45, 2.75) is 9.79 Å². The Hall–Kier alpha value is -3.70. The SMILES string of the molecule is O=S(=O)(O)c1cccc(-c2ccnc3c2ccc2c(-c4cccc(S(=O)(=O)O)c4)ccnc23)c1. The van der Waals surface area contributed by atoms with Crippen LogP contribution in [0.2, 0.25) is 0 Å². The summed E-state index contributed by atoms with van der Waals surface area (Å²) in [4.78, 5) is 8.56. The molecule has 8 nitrogen and oxygen atoms in total. The van der Waals surface area contributed by atoms with Gasteiger partial charge in [0.2, 0.25) is 0 Å². The molecule has 170 valence electrons. The van der Waals surface area contributed by atoms with Gasteiger partial charge in [-0.05, 0) is 58.7 Å². The van der Waals surface area contributed by atoms with Crippen molar-refractivity contribution in [2.75, 3.05) is 0 Å². The minimum atomic E-state index is -4.36. The van der Waals surface area contributed by atoms with Gasteiger partial charge >= 0.3 is 0 Å². The first-order chi connectivity index (χ1) is 16.1. The number of benzene rings is 3. The lowest BCUT2D eigenvalue weighted by Gasteiger charge is -2.12. The van der Waals surface area contributed by atoms with Crippen molar-refractivity contribution in [1.82, 2.24) is 9.97 Å². The monoisotopic (exact) mass is 492 g/mol. The minimum absolute atomic E-state index is 0.213. The Balaban J connectivity index is 1.74. The summed E-state index contributed by atoms with van der Waals surface area (Å²) in [7, 11) is -8.72. The van der Waals surface area contributed by atoms with Crippen molar-refractivity contribution in [1.29, 1.82) is 0 Å². The molecular formula is C24H16N2O6S2. The Labute approximate surface area is 195 Å². The first kappa shape index (κ1) is 22.1. The normalized spacial score (nSPS) is 12.3. The van der Waals surface area contributed by atoms with Gasteiger partial charge in [0.15, 0.2) is 0 Å². The van der Waals surface area contributed by atoms with Gasteiger partial charge in [0.25, 0.3) is 20.2 Å². The van der Waals surface area contributed by atoms with Crippen LogP contribution in [-0.4, -0.2) is 35.9 Å². The summed E-state index contributed by atoms with van der Waals surface area (Å²) in [5, 5.41) is 1.44. The van der Waals surface area contributed by atoms with E-state index in [9.17, 15) is 25.9 Å². The third-order valence-electron chi connectivity index (χ3n) is 5.51. The van der Waals surface area contributed by atoms with Crippen molar-refractivity contribution in [3.63, 3.8) is 0 Å². The molecule has 10 heteroatoms. The molecule has 2 heterocycles. The molecule has 0 saturated heterocycles. The molecule has 0 aliphatic rings. The quantitative estimate of drug-likeness (QED) is 0.274. The zero-order valence-electron chi connectivity index (χ0n) is 17.3. The predicted octanol–water partition coefficient (Wildman–Crippen LogP) is 4.61. The van der Waals surface area contributed by atoms with Gasteiger partial charge in [-0.1, -0.05) is 36.4 Å². The van der Waals surface area contributed by atoms with Crippen LogP contribution in [0.15, 0.2) is 95.0 Å². The van der Waals surface area contributed by atoms with Crippen LogP contribution in [0.25, 0.3) is 44.1 Å². The number of aromatic nitrogens is 2. The molecule has 5 rings (SSSR count). The van der Waals surface area contributed by atoms with Crippen molar-refractivity contribution in [3.8, 4) is 22.3 Å². The molecule has 3 aromatic carbocycles. The van der Waals surface area contributed by atoms with Gasteiger partial charge in [-0.2, -0.15) is 16.8 Å². The second kappa shape index (κ2) is 7.96. The molecule has 0 saturated carbocycles. The Morgan fingerprint density at radius 2 is 0.971 bits per heavy atom. The predicted molar refractivity (Wildman–Crippen MR) is 128 cm³/mol. The van der Waals surface area contributed by atoms with Gasteiger partial charge in [-0.25, -0.2) is 0 Å². The van der Waals surface area contributed by atoms with E-state index in [4.69, 9.17) is 0 Å². The second-order valence-electron chi connectivity index (χ2n) is 7.58. The van der Waals surface area contributed by atoms with Crippen LogP contribution < -0.4 is 0 Å². The summed E-state index contributed by atoms with van der Waals surface area (Å²) in [5.41, 5.74) is 3.72. The number of fused-ring (bicyclic) bond motifs is 3. The third kappa shape index (κ3) is 3.93. The standard InChI is InChI=1S/C24H16N2O6S2/c27-33(28,29)17-5-1-3-15(13-17)19-9-11-25-23-21(19)7-8-22-20(10-12-26-24(22)23)16-4-2-6-18(14-16)34(30,31)32/h1-14H,(H,27,28,29)(H,30,31,32). The highest BCUT2D eigenvalue weighted by atomic mass is 32.2. The van der Waals surface area contributed by atoms with E-state index in [1.807, 2.05) is 12.1 Å². The third-order valence-corrected chi connectivity index (χ3v) is 7.21. The topological polar surface area (TPSA) is 135 Å². The molecule has 0 bridgehead atoms. The molecule has 5 aromatic rings. The smallest absolute Gasteiger partial charge is 0.282 e. The number of hydrogen-bond donors (Lipinski definition) is 2. The van der Waals surface area contributed by atoms with E-state index in [1.165, 1.54) is 24.3 Å². The van der Waals surface area contributed by atoms with Gasteiger partial charge in [-0.15, -0.1) is 0 Å². The minimum Gasteiger partial charge on any atom is -0.282 e. The van der Waals surface area contributed by atoms with E-state index in [0.29, 0.717) is 33.3 Å². The molecule has 0 spiro atoms. The molecule has 2 N–H and O–H groups in total. The molecule has 0 aliphatic carbocycles. The van der Waals surface area contributed by atoms with Crippen molar-refractivity contribution >= 4 is 42.0 Å². The van der Waals surface area contributed by atoms with Gasteiger partial charge < -0.3 is 0 Å². The maximum atomic E-state index is 11.6. The number of hydrogen-bond acceptors (Lipinski definition) is 6. The van der Waals surface area contributed by atoms with Crippen LogP contribution in [0.1, 0.15) is 0 Å². The summed E-state index contributed by atoms with van der Waals surface area (Å²) in [6, 6.07) is 19.1. The largest absolute Gasteiger partial charge is 0.294 e. The Morgan fingerprint density at radius 1 is 0.559 bits per heavy atom. The molecule has 34 heavy (non-hydrogen) atoms. The average Bonchev–Trinajstić information content (AvgIpc) is 2.82. The van der Waals surface area contributed by atoms with Gasteiger partial charge in [0, 0.05) is 23.2 Å². The Morgan fingerprint density at radius 3 is 1.35 bits per heavy atom. The van der Waals surface area contributed by atoms with E-state index in [1.54, 1.807) is 48.8 Å². The van der Waals surface area contributed by atoms with E-state index in [-0.39, 0.29) is 9.79 Å². The number of rotatable bonds is 4. The molecule has 0 atom stereocenters. The number of nitrogens with zero attached hydrogens (tertiary/aromatic N) is 2. The van der Waals surface area contributed by atoms with E-state index in [2.05, 4.69) is 9.97 Å². The lowest BCUT2D eigenvalue weighted by molar-refractivity contribution is 0.481. The molecule has 0 radical (unpaired) electrons. The highest BCUT2D eigenvalue weighted by molar-refractivity contribution is 7.86. The van der Waals surface area contributed by atoms with Crippen LogP contribution in [0.5, 0.6) is 0 Å². The first-order valence-corrected chi connectivity index (χ1v) is 12.8. The fourth-order valence-corrected chi connectivity index (χ4v) is 5.03. The summed E-state index contributed by atoms with van der Waals surface area (Å²) in [5.74, 6) is 0. The van der Waals surface area contributed by atoms with Gasteiger partial charge in [0.1, 0.15) is 0 Å². The molecule has 0 aliphatic heterocycles. The van der Waals surface area contributed by atoms with Crippen molar-refractivity contribution < 1.29 is 25.9 Å². The lowest BCUT2D eigenvalue weighted by atomic mass is 9.96. The Kier molecular flexibility index (Phi) is 5.18. The second-order valence-corrected chi connectivity index (χ2v) is 10.4. The summed E-state index contributed by atoms with van der Waals surface area (Å²) in [6.45, 7) is 0. The lowest BCUT2D eigenvalue weighted by Crippen LogP contribution is -1.98. The van der Waals surface area contributed by atoms with Crippen molar-refractivity contribution in [2.24, 2.45) is 0 Å². The molecular weight excluding hydrogens is 476 g/mol. The van der Waals surface area contributed by atoms with E-state index < -0.39 is 20.2 Å². The summed E-state index contributed by atoms with van der Waals surface area (Å²) < 4.78 is 65.2. The van der Waals surface area contributed by atoms with Crippen molar-refractivity contribution in [3.05, 3.63) is 85.2 Å². The van der Waals surface area contributed by atoms with Crippen LogP contribution in [-0.2, 0) is 20.2 Å². The highest BCUT2D eigenvalue weighted by Crippen LogP contribution is 2.35. The van der Waals surface area contributed by atoms with E-state index in [0.717, 1.165) is 10.8 Å². The maximum absolute atomic E-state index is 11.6. The van der Waals surface area contributed by atoms with Gasteiger partial charge in [-0.3, -0.25) is 19.1 Å². The maximum Gasteiger partial charge on any atom is 0.294 e.